The van der Waals surface area contributed by atoms with E-state index in [-0.39, 0.29) is 17.3 Å². The van der Waals surface area contributed by atoms with Crippen molar-refractivity contribution in [3.63, 3.8) is 0 Å². The maximum Gasteiger partial charge on any atom is 0.185 e. The predicted octanol–water partition coefficient (Wildman–Crippen LogP) is 6.16. The van der Waals surface area contributed by atoms with E-state index in [1.54, 1.807) is 99.2 Å². The van der Waals surface area contributed by atoms with Crippen LogP contribution >= 0.6 is 0 Å². The number of carbonyl (C=O) groups excluding carboxylic acids is 3. The molecule has 7 rings (SSSR count). The predicted molar refractivity (Wildman–Crippen MR) is 156 cm³/mol. The van der Waals surface area contributed by atoms with Gasteiger partial charge < -0.3 is 14.4 Å². The van der Waals surface area contributed by atoms with Gasteiger partial charge in [-0.25, -0.2) is 4.39 Å². The Morgan fingerprint density at radius 1 is 0.810 bits per heavy atom. The Balaban J connectivity index is 1.54. The summed E-state index contributed by atoms with van der Waals surface area (Å²) in [6.07, 6.45) is 3.52. The van der Waals surface area contributed by atoms with E-state index in [9.17, 15) is 18.8 Å². The number of fused-ring (bicyclic) bond motifs is 5. The van der Waals surface area contributed by atoms with Gasteiger partial charge in [-0.3, -0.25) is 14.4 Å². The lowest BCUT2D eigenvalue weighted by atomic mass is 9.64. The SMILES string of the molecule is COc1ccc(C(=O)[C@H]2[C@H](c3cccc(OC)c3)C3(C(=O)c4ccccc4C3=O)C3C=Cc4cc(F)ccc4N32)cc1. The Labute approximate surface area is 242 Å². The average Bonchev–Trinajstić information content (AvgIpc) is 3.46. The van der Waals surface area contributed by atoms with Crippen LogP contribution in [0.2, 0.25) is 0 Å². The highest BCUT2D eigenvalue weighted by molar-refractivity contribution is 6.32. The molecule has 1 unspecified atom stereocenters. The minimum atomic E-state index is -1.65. The molecule has 0 radical (unpaired) electrons. The number of nitrogens with zero attached hydrogens (tertiary/aromatic N) is 1. The van der Waals surface area contributed by atoms with Crippen LogP contribution in [0.3, 0.4) is 0 Å². The first-order chi connectivity index (χ1) is 20.4. The van der Waals surface area contributed by atoms with Crippen molar-refractivity contribution in [3.8, 4) is 11.5 Å². The molecule has 6 nitrogen and oxygen atoms in total. The molecule has 1 spiro atoms. The second-order valence-corrected chi connectivity index (χ2v) is 10.8. The molecule has 2 heterocycles. The molecule has 1 fully saturated rings. The van der Waals surface area contributed by atoms with Gasteiger partial charge >= 0.3 is 0 Å². The van der Waals surface area contributed by atoms with Crippen LogP contribution in [0.25, 0.3) is 6.08 Å². The van der Waals surface area contributed by atoms with Gasteiger partial charge in [-0.2, -0.15) is 0 Å². The lowest BCUT2D eigenvalue weighted by Gasteiger charge is -2.37. The van der Waals surface area contributed by atoms with Crippen LogP contribution in [0.15, 0.2) is 97.1 Å². The van der Waals surface area contributed by atoms with Crippen LogP contribution in [0, 0.1) is 11.2 Å². The Hall–Kier alpha value is -5.04. The fourth-order valence-corrected chi connectivity index (χ4v) is 7.08. The highest BCUT2D eigenvalue weighted by Gasteiger charge is 2.71. The van der Waals surface area contributed by atoms with Gasteiger partial charge in [0, 0.05) is 33.9 Å². The Morgan fingerprint density at radius 2 is 1.50 bits per heavy atom. The zero-order valence-electron chi connectivity index (χ0n) is 22.9. The summed E-state index contributed by atoms with van der Waals surface area (Å²) in [6, 6.07) is 23.4. The molecule has 1 aliphatic carbocycles. The average molecular weight is 560 g/mol. The number of halogens is 1. The van der Waals surface area contributed by atoms with Crippen LogP contribution in [0.1, 0.15) is 48.1 Å². The normalized spacial score (nSPS) is 21.2. The quantitative estimate of drug-likeness (QED) is 0.216. The van der Waals surface area contributed by atoms with Crippen LogP contribution in [0.5, 0.6) is 11.5 Å². The van der Waals surface area contributed by atoms with E-state index in [0.717, 1.165) is 0 Å². The third-order valence-electron chi connectivity index (χ3n) is 8.86. The van der Waals surface area contributed by atoms with Crippen molar-refractivity contribution in [2.45, 2.75) is 18.0 Å². The van der Waals surface area contributed by atoms with E-state index in [4.69, 9.17) is 9.47 Å². The summed E-state index contributed by atoms with van der Waals surface area (Å²) in [5.74, 6) is -1.10. The number of benzene rings is 4. The molecule has 3 atom stereocenters. The maximum atomic E-state index is 14.7. The van der Waals surface area contributed by atoms with Crippen LogP contribution < -0.4 is 14.4 Å². The summed E-state index contributed by atoms with van der Waals surface area (Å²) in [7, 11) is 3.09. The van der Waals surface area contributed by atoms with Crippen molar-refractivity contribution < 1.29 is 28.2 Å². The number of methoxy groups -OCH3 is 2. The Kier molecular flexibility index (Phi) is 5.87. The number of ketones is 3. The van der Waals surface area contributed by atoms with Crippen LogP contribution in [0.4, 0.5) is 10.1 Å². The standard InChI is InChI=1S/C35H26FNO5/c1-41-24-14-10-20(11-15-24)32(38)31-30(22-6-5-7-25(19-22)42-2)35(33(39)26-8-3-4-9-27(26)34(35)40)29-17-12-21-18-23(36)13-16-28(21)37(29)31/h3-19,29-31H,1-2H3/t29?,30-,31+/m0/s1. The molecule has 3 aliphatic rings. The zero-order chi connectivity index (χ0) is 29.2. The highest BCUT2D eigenvalue weighted by atomic mass is 19.1. The fraction of sp³-hybridized carbons (Fsp3) is 0.171. The summed E-state index contributed by atoms with van der Waals surface area (Å²) in [4.78, 5) is 45.9. The number of carbonyl (C=O) groups is 3. The summed E-state index contributed by atoms with van der Waals surface area (Å²) in [5.41, 5.74) is 1.20. The number of ether oxygens (including phenoxy) is 2. The van der Waals surface area contributed by atoms with Gasteiger partial charge in [0.1, 0.15) is 28.8 Å². The van der Waals surface area contributed by atoms with E-state index in [0.29, 0.717) is 45.0 Å². The topological polar surface area (TPSA) is 72.9 Å². The molecule has 4 aromatic rings. The molecule has 0 amide bonds. The first-order valence-electron chi connectivity index (χ1n) is 13.7. The molecule has 7 heteroatoms. The second-order valence-electron chi connectivity index (χ2n) is 10.8. The molecule has 208 valence electrons. The lowest BCUT2D eigenvalue weighted by molar-refractivity contribution is 0.0665. The molecular weight excluding hydrogens is 533 g/mol. The van der Waals surface area contributed by atoms with Crippen molar-refractivity contribution in [1.82, 2.24) is 0 Å². The van der Waals surface area contributed by atoms with Crippen molar-refractivity contribution in [3.05, 3.63) is 131 Å². The van der Waals surface area contributed by atoms with Crippen molar-refractivity contribution >= 4 is 29.1 Å². The number of hydrogen-bond acceptors (Lipinski definition) is 6. The molecular formula is C35H26FNO5. The molecule has 1 saturated heterocycles. The van der Waals surface area contributed by atoms with E-state index < -0.39 is 29.2 Å². The number of Topliss-reactive ketones (excluding diaryl/α,β-unsaturated/α-hetero) is 3. The van der Waals surface area contributed by atoms with Crippen molar-refractivity contribution in [2.24, 2.45) is 5.41 Å². The van der Waals surface area contributed by atoms with E-state index >= 15 is 0 Å². The molecule has 0 bridgehead atoms. The zero-order valence-corrected chi connectivity index (χ0v) is 22.9. The van der Waals surface area contributed by atoms with Gasteiger partial charge in [0.25, 0.3) is 0 Å². The van der Waals surface area contributed by atoms with E-state index in [1.807, 2.05) is 11.0 Å². The lowest BCUT2D eigenvalue weighted by Crippen LogP contribution is -2.48. The molecule has 4 aromatic carbocycles. The van der Waals surface area contributed by atoms with Gasteiger partial charge in [-0.05, 0) is 60.2 Å². The highest BCUT2D eigenvalue weighted by Crippen LogP contribution is 2.61. The van der Waals surface area contributed by atoms with Crippen molar-refractivity contribution in [1.29, 1.82) is 0 Å². The molecule has 0 aromatic heterocycles. The van der Waals surface area contributed by atoms with E-state index in [2.05, 4.69) is 0 Å². The molecule has 42 heavy (non-hydrogen) atoms. The monoisotopic (exact) mass is 559 g/mol. The van der Waals surface area contributed by atoms with Gasteiger partial charge in [-0.15, -0.1) is 0 Å². The molecule has 0 saturated carbocycles. The van der Waals surface area contributed by atoms with Gasteiger partial charge in [-0.1, -0.05) is 48.6 Å². The maximum absolute atomic E-state index is 14.7. The van der Waals surface area contributed by atoms with Gasteiger partial charge in [0.2, 0.25) is 0 Å². The number of hydrogen-bond donors (Lipinski definition) is 0. The van der Waals surface area contributed by atoms with Crippen LogP contribution in [-0.2, 0) is 0 Å². The summed E-state index contributed by atoms with van der Waals surface area (Å²) < 4.78 is 25.2. The summed E-state index contributed by atoms with van der Waals surface area (Å²) >= 11 is 0. The van der Waals surface area contributed by atoms with Gasteiger partial charge in [0.05, 0.1) is 20.3 Å². The first kappa shape index (κ1) is 25.9. The van der Waals surface area contributed by atoms with Crippen LogP contribution in [-0.4, -0.2) is 43.7 Å². The number of anilines is 1. The molecule has 2 aliphatic heterocycles. The third-order valence-corrected chi connectivity index (χ3v) is 8.86. The fourth-order valence-electron chi connectivity index (χ4n) is 7.08. The summed E-state index contributed by atoms with van der Waals surface area (Å²) in [6.45, 7) is 0. The minimum Gasteiger partial charge on any atom is -0.497 e. The largest absolute Gasteiger partial charge is 0.497 e. The first-order valence-corrected chi connectivity index (χ1v) is 13.7. The van der Waals surface area contributed by atoms with Crippen molar-refractivity contribution in [2.75, 3.05) is 19.1 Å². The molecule has 0 N–H and O–H groups in total. The number of rotatable bonds is 5. The Bertz CT molecular complexity index is 1780. The minimum absolute atomic E-state index is 0.269. The van der Waals surface area contributed by atoms with Gasteiger partial charge in [0.15, 0.2) is 17.3 Å². The van der Waals surface area contributed by atoms with E-state index in [1.165, 1.54) is 12.1 Å². The third kappa shape index (κ3) is 3.46. The summed E-state index contributed by atoms with van der Waals surface area (Å²) in [5, 5.41) is 0. The second kappa shape index (κ2) is 9.52. The smallest absolute Gasteiger partial charge is 0.185 e. The Morgan fingerprint density at radius 3 is 2.17 bits per heavy atom.